The molecule has 1 amide bonds. The van der Waals surface area contributed by atoms with Crippen LogP contribution >= 0.6 is 34.7 Å². The predicted molar refractivity (Wildman–Crippen MR) is 114 cm³/mol. The summed E-state index contributed by atoms with van der Waals surface area (Å²) in [6.07, 6.45) is -0.576. The van der Waals surface area contributed by atoms with Gasteiger partial charge in [0.15, 0.2) is 0 Å². The fourth-order valence-electron chi connectivity index (χ4n) is 2.17. The number of methoxy groups -OCH3 is 1. The first kappa shape index (κ1) is 21.8. The first-order valence-electron chi connectivity index (χ1n) is 8.53. The summed E-state index contributed by atoms with van der Waals surface area (Å²) in [4.78, 5) is 14.3. The Kier molecular flexibility index (Phi) is 9.14. The summed E-state index contributed by atoms with van der Waals surface area (Å²) in [6, 6.07) is 11.5. The summed E-state index contributed by atoms with van der Waals surface area (Å²) in [5.41, 5.74) is 1.54. The fourth-order valence-corrected chi connectivity index (χ4v) is 4.09. The Morgan fingerprint density at radius 1 is 1.22 bits per heavy atom. The Morgan fingerprint density at radius 2 is 1.96 bits per heavy atom. The Hall–Kier alpha value is -1.54. The third-order valence-corrected chi connectivity index (χ3v) is 5.93. The minimum atomic E-state index is -0.576. The minimum Gasteiger partial charge on any atom is -0.451 e. The van der Waals surface area contributed by atoms with Gasteiger partial charge < -0.3 is 9.47 Å². The van der Waals surface area contributed by atoms with Crippen LogP contribution in [0.15, 0.2) is 41.5 Å². The van der Waals surface area contributed by atoms with Crippen molar-refractivity contribution in [3.05, 3.63) is 56.7 Å². The van der Waals surface area contributed by atoms with E-state index in [9.17, 15) is 4.79 Å². The number of amides is 1. The number of hydrazone groups is 1. The molecule has 8 heteroatoms. The van der Waals surface area contributed by atoms with Crippen molar-refractivity contribution < 1.29 is 14.3 Å². The van der Waals surface area contributed by atoms with Crippen LogP contribution in [0.25, 0.3) is 0 Å². The number of rotatable bonds is 9. The molecule has 0 radical (unpaired) electrons. The largest absolute Gasteiger partial charge is 0.451 e. The zero-order valence-corrected chi connectivity index (χ0v) is 18.0. The van der Waals surface area contributed by atoms with Crippen LogP contribution in [0.3, 0.4) is 0 Å². The first-order chi connectivity index (χ1) is 13.1. The van der Waals surface area contributed by atoms with Crippen molar-refractivity contribution in [1.29, 1.82) is 0 Å². The standard InChI is InChI=1S/C19H23ClN2O3S2/c1-4-25-13-22(19(23)24-3)21-18(14-6-8-15(20)9-7-14)17-11-10-16(27-17)12-26-5-2/h6-11H,4-5,12-13H2,1-3H3. The van der Waals surface area contributed by atoms with E-state index in [4.69, 9.17) is 21.1 Å². The molecular formula is C19H23ClN2O3S2. The summed E-state index contributed by atoms with van der Waals surface area (Å²) < 4.78 is 10.2. The Balaban J connectivity index is 2.43. The van der Waals surface area contributed by atoms with Crippen molar-refractivity contribution in [2.75, 3.05) is 26.2 Å². The number of carbonyl (C=O) groups is 1. The zero-order valence-electron chi connectivity index (χ0n) is 15.6. The molecule has 0 atom stereocenters. The highest BCUT2D eigenvalue weighted by atomic mass is 35.5. The van der Waals surface area contributed by atoms with E-state index in [0.717, 1.165) is 21.9 Å². The Labute approximate surface area is 173 Å². The number of nitrogens with zero attached hydrogens (tertiary/aromatic N) is 2. The number of thioether (sulfide) groups is 1. The molecule has 1 heterocycles. The molecule has 0 fully saturated rings. The van der Waals surface area contributed by atoms with E-state index in [1.807, 2.05) is 36.9 Å². The molecule has 0 spiro atoms. The minimum absolute atomic E-state index is 0.0180. The summed E-state index contributed by atoms with van der Waals surface area (Å²) in [5.74, 6) is 2.02. The Morgan fingerprint density at radius 3 is 2.59 bits per heavy atom. The molecule has 0 aliphatic rings. The lowest BCUT2D eigenvalue weighted by atomic mass is 10.1. The van der Waals surface area contributed by atoms with Crippen molar-refractivity contribution in [1.82, 2.24) is 5.01 Å². The molecule has 0 bridgehead atoms. The predicted octanol–water partition coefficient (Wildman–Crippen LogP) is 5.47. The van der Waals surface area contributed by atoms with Crippen molar-refractivity contribution >= 4 is 46.5 Å². The second-order valence-corrected chi connectivity index (χ2v) is 8.23. The lowest BCUT2D eigenvalue weighted by molar-refractivity contribution is 0.0325. The smallest absolute Gasteiger partial charge is 0.432 e. The van der Waals surface area contributed by atoms with Crippen molar-refractivity contribution in [3.63, 3.8) is 0 Å². The van der Waals surface area contributed by atoms with Crippen LogP contribution < -0.4 is 0 Å². The average molecular weight is 427 g/mol. The molecule has 0 N–H and O–H groups in total. The molecule has 0 aliphatic heterocycles. The zero-order chi connectivity index (χ0) is 19.6. The van der Waals surface area contributed by atoms with E-state index in [2.05, 4.69) is 18.1 Å². The van der Waals surface area contributed by atoms with E-state index in [-0.39, 0.29) is 6.73 Å². The van der Waals surface area contributed by atoms with Gasteiger partial charge in [0.2, 0.25) is 0 Å². The van der Waals surface area contributed by atoms with Crippen LogP contribution in [0.4, 0.5) is 4.79 Å². The second-order valence-electron chi connectivity index (χ2n) is 5.35. The van der Waals surface area contributed by atoms with Gasteiger partial charge >= 0.3 is 6.09 Å². The fraction of sp³-hybridized carbons (Fsp3) is 0.368. The summed E-state index contributed by atoms with van der Waals surface area (Å²) in [7, 11) is 1.32. The molecule has 2 aromatic rings. The highest BCUT2D eigenvalue weighted by Crippen LogP contribution is 2.25. The van der Waals surface area contributed by atoms with E-state index in [0.29, 0.717) is 17.3 Å². The number of hydrogen-bond donors (Lipinski definition) is 0. The molecule has 0 saturated heterocycles. The third-order valence-electron chi connectivity index (χ3n) is 3.48. The molecular weight excluding hydrogens is 404 g/mol. The quantitative estimate of drug-likeness (QED) is 0.303. The highest BCUT2D eigenvalue weighted by molar-refractivity contribution is 7.98. The van der Waals surface area contributed by atoms with Gasteiger partial charge in [-0.2, -0.15) is 21.9 Å². The molecule has 1 aromatic heterocycles. The summed E-state index contributed by atoms with van der Waals surface area (Å²) >= 11 is 9.55. The number of ether oxygens (including phenoxy) is 2. The number of carbonyl (C=O) groups excluding carboxylic acids is 1. The second kappa shape index (κ2) is 11.3. The van der Waals surface area contributed by atoms with Crippen LogP contribution in [0.5, 0.6) is 0 Å². The van der Waals surface area contributed by atoms with Gasteiger partial charge in [0.1, 0.15) is 12.4 Å². The topological polar surface area (TPSA) is 51.1 Å². The van der Waals surface area contributed by atoms with Crippen LogP contribution in [0, 0.1) is 0 Å². The maximum atomic E-state index is 12.1. The molecule has 5 nitrogen and oxygen atoms in total. The number of halogens is 1. The first-order valence-corrected chi connectivity index (χ1v) is 10.9. The van der Waals surface area contributed by atoms with Crippen LogP contribution in [0.2, 0.25) is 5.02 Å². The van der Waals surface area contributed by atoms with Gasteiger partial charge in [-0.05, 0) is 36.9 Å². The van der Waals surface area contributed by atoms with Gasteiger partial charge in [0.25, 0.3) is 0 Å². The van der Waals surface area contributed by atoms with Gasteiger partial charge in [-0.15, -0.1) is 11.3 Å². The lowest BCUT2D eigenvalue weighted by Crippen LogP contribution is -2.30. The van der Waals surface area contributed by atoms with E-state index >= 15 is 0 Å². The lowest BCUT2D eigenvalue weighted by Gasteiger charge is -2.17. The highest BCUT2D eigenvalue weighted by Gasteiger charge is 2.18. The van der Waals surface area contributed by atoms with E-state index in [1.165, 1.54) is 17.0 Å². The summed E-state index contributed by atoms with van der Waals surface area (Å²) in [6.45, 7) is 4.48. The molecule has 2 rings (SSSR count). The normalized spacial score (nSPS) is 11.5. The van der Waals surface area contributed by atoms with Crippen molar-refractivity contribution in [3.8, 4) is 0 Å². The average Bonchev–Trinajstić information content (AvgIpc) is 3.15. The van der Waals surface area contributed by atoms with Gasteiger partial charge in [0.05, 0.1) is 12.0 Å². The Bertz CT molecular complexity index is 763. The van der Waals surface area contributed by atoms with Crippen molar-refractivity contribution in [2.24, 2.45) is 5.10 Å². The molecule has 27 heavy (non-hydrogen) atoms. The van der Waals surface area contributed by atoms with Gasteiger partial charge in [-0.25, -0.2) is 4.79 Å². The number of hydrogen-bond acceptors (Lipinski definition) is 6. The van der Waals surface area contributed by atoms with E-state index < -0.39 is 6.09 Å². The number of benzene rings is 1. The molecule has 0 aliphatic carbocycles. The SMILES string of the molecule is CCOCN(N=C(c1ccc(Cl)cc1)c1ccc(CSCC)s1)C(=O)OC. The molecule has 146 valence electrons. The molecule has 1 aromatic carbocycles. The monoisotopic (exact) mass is 426 g/mol. The van der Waals surface area contributed by atoms with Gasteiger partial charge in [-0.3, -0.25) is 0 Å². The van der Waals surface area contributed by atoms with Crippen LogP contribution in [-0.2, 0) is 15.2 Å². The maximum Gasteiger partial charge on any atom is 0.432 e. The molecule has 0 saturated carbocycles. The summed E-state index contributed by atoms with van der Waals surface area (Å²) in [5, 5.41) is 6.39. The third kappa shape index (κ3) is 6.53. The van der Waals surface area contributed by atoms with Crippen molar-refractivity contribution in [2.45, 2.75) is 19.6 Å². The maximum absolute atomic E-state index is 12.1. The molecule has 0 unspecified atom stereocenters. The number of thiophene rings is 1. The van der Waals surface area contributed by atoms with E-state index in [1.54, 1.807) is 23.5 Å². The van der Waals surface area contributed by atoms with Crippen LogP contribution in [0.1, 0.15) is 29.2 Å². The van der Waals surface area contributed by atoms with Gasteiger partial charge in [-0.1, -0.05) is 30.7 Å². The van der Waals surface area contributed by atoms with Crippen LogP contribution in [-0.4, -0.2) is 43.0 Å². The van der Waals surface area contributed by atoms with Gasteiger partial charge in [0, 0.05) is 27.8 Å².